The average molecular weight is 786 g/mol. The first kappa shape index (κ1) is 36.4. The maximum absolute atomic E-state index is 2.60. The molecule has 0 saturated carbocycles. The zero-order valence-electron chi connectivity index (χ0n) is 36.1. The first-order valence-corrected chi connectivity index (χ1v) is 22.2. The monoisotopic (exact) mass is 785 g/mol. The molecule has 0 saturated heterocycles. The van der Waals surface area contributed by atoms with Crippen molar-refractivity contribution < 1.29 is 0 Å². The van der Waals surface area contributed by atoms with E-state index in [9.17, 15) is 0 Å². The molecule has 1 spiro atoms. The highest BCUT2D eigenvalue weighted by Gasteiger charge is 2.52. The minimum Gasteiger partial charge on any atom is -0.310 e. The minimum absolute atomic E-state index is 0.0748. The highest BCUT2D eigenvalue weighted by atomic mass is 15.1. The average Bonchev–Trinajstić information content (AvgIpc) is 3.83. The normalized spacial score (nSPS) is 17.1. The van der Waals surface area contributed by atoms with Gasteiger partial charge in [-0.25, -0.2) is 0 Å². The molecule has 296 valence electrons. The molecule has 0 amide bonds. The fourth-order valence-corrected chi connectivity index (χ4v) is 12.1. The lowest BCUT2D eigenvalue weighted by atomic mass is 9.63. The Morgan fingerprint density at radius 3 is 1.46 bits per heavy atom. The largest absolute Gasteiger partial charge is 0.310 e. The maximum atomic E-state index is 2.60. The van der Waals surface area contributed by atoms with Crippen LogP contribution in [0.3, 0.4) is 0 Å². The molecular weight excluding hydrogens is 735 g/mol. The number of benzene rings is 8. The van der Waals surface area contributed by atoms with Gasteiger partial charge >= 0.3 is 0 Å². The van der Waals surface area contributed by atoms with Gasteiger partial charge in [-0.15, -0.1) is 0 Å². The Morgan fingerprint density at radius 2 is 0.836 bits per heavy atom. The van der Waals surface area contributed by atoms with E-state index in [2.05, 4.69) is 222 Å². The summed E-state index contributed by atoms with van der Waals surface area (Å²) in [5.74, 6) is 0. The second-order valence-corrected chi connectivity index (χ2v) is 19.9. The predicted molar refractivity (Wildman–Crippen MR) is 256 cm³/mol. The van der Waals surface area contributed by atoms with E-state index < -0.39 is 5.41 Å². The molecule has 1 nitrogen and oxygen atoms in total. The lowest BCUT2D eigenvalue weighted by Gasteiger charge is -2.42. The number of rotatable bonds is 4. The Kier molecular flexibility index (Phi) is 7.49. The molecule has 12 rings (SSSR count). The minimum atomic E-state index is -0.460. The van der Waals surface area contributed by atoms with Crippen molar-refractivity contribution in [2.24, 2.45) is 0 Å². The fourth-order valence-electron chi connectivity index (χ4n) is 12.1. The van der Waals surface area contributed by atoms with Gasteiger partial charge in [0, 0.05) is 22.4 Å². The van der Waals surface area contributed by atoms with Crippen LogP contribution >= 0.6 is 0 Å². The second-order valence-electron chi connectivity index (χ2n) is 19.9. The maximum Gasteiger partial charge on any atom is 0.0726 e. The molecule has 0 radical (unpaired) electrons. The molecule has 4 aliphatic rings. The molecule has 8 aromatic carbocycles. The summed E-state index contributed by atoms with van der Waals surface area (Å²) in [5, 5.41) is 0. The van der Waals surface area contributed by atoms with Crippen LogP contribution in [-0.2, 0) is 21.7 Å². The molecule has 0 N–H and O–H groups in total. The van der Waals surface area contributed by atoms with E-state index in [-0.39, 0.29) is 16.2 Å². The van der Waals surface area contributed by atoms with Crippen molar-refractivity contribution in [2.45, 2.75) is 76.0 Å². The van der Waals surface area contributed by atoms with Crippen LogP contribution in [0.15, 0.2) is 176 Å². The van der Waals surface area contributed by atoms with Crippen molar-refractivity contribution >= 4 is 17.1 Å². The highest BCUT2D eigenvalue weighted by Crippen LogP contribution is 2.64. The van der Waals surface area contributed by atoms with Gasteiger partial charge in [0.2, 0.25) is 0 Å². The van der Waals surface area contributed by atoms with E-state index in [1.54, 1.807) is 0 Å². The molecule has 0 atom stereocenters. The molecule has 8 aromatic rings. The van der Waals surface area contributed by atoms with Crippen LogP contribution in [0.5, 0.6) is 0 Å². The Bertz CT molecular complexity index is 3080. The zero-order chi connectivity index (χ0) is 41.5. The van der Waals surface area contributed by atoms with Crippen LogP contribution in [0, 0.1) is 0 Å². The molecule has 0 fully saturated rings. The molecule has 0 aromatic heterocycles. The van der Waals surface area contributed by atoms with Crippen LogP contribution in [0.4, 0.5) is 17.1 Å². The smallest absolute Gasteiger partial charge is 0.0726 e. The third-order valence-electron chi connectivity index (χ3n) is 15.4. The number of nitrogens with zero attached hydrogens (tertiary/aromatic N) is 1. The lowest BCUT2D eigenvalue weighted by molar-refractivity contribution is 0.332. The number of hydrogen-bond donors (Lipinski definition) is 0. The Morgan fingerprint density at radius 1 is 0.328 bits per heavy atom. The van der Waals surface area contributed by atoms with Crippen molar-refractivity contribution in [1.82, 2.24) is 0 Å². The molecular formula is C60H51N. The quantitative estimate of drug-likeness (QED) is 0.172. The van der Waals surface area contributed by atoms with E-state index in [0.29, 0.717) is 0 Å². The van der Waals surface area contributed by atoms with Gasteiger partial charge in [-0.1, -0.05) is 181 Å². The third-order valence-corrected chi connectivity index (χ3v) is 15.4. The lowest BCUT2D eigenvalue weighted by Crippen LogP contribution is -2.33. The second kappa shape index (κ2) is 12.6. The van der Waals surface area contributed by atoms with E-state index in [1.807, 2.05) is 0 Å². The van der Waals surface area contributed by atoms with Crippen LogP contribution in [0.1, 0.15) is 98.9 Å². The van der Waals surface area contributed by atoms with Crippen molar-refractivity contribution in [2.75, 3.05) is 4.90 Å². The Hall–Kier alpha value is -6.44. The van der Waals surface area contributed by atoms with Gasteiger partial charge in [-0.3, -0.25) is 0 Å². The van der Waals surface area contributed by atoms with Gasteiger partial charge in [0.25, 0.3) is 0 Å². The van der Waals surface area contributed by atoms with E-state index in [1.165, 1.54) is 113 Å². The van der Waals surface area contributed by atoms with Crippen molar-refractivity contribution in [1.29, 1.82) is 0 Å². The van der Waals surface area contributed by atoms with E-state index in [0.717, 1.165) is 5.69 Å². The third kappa shape index (κ3) is 4.89. The summed E-state index contributed by atoms with van der Waals surface area (Å²) in [6, 6.07) is 67.4. The van der Waals surface area contributed by atoms with Crippen molar-refractivity contribution in [3.63, 3.8) is 0 Å². The molecule has 1 heteroatoms. The van der Waals surface area contributed by atoms with Gasteiger partial charge in [0.15, 0.2) is 0 Å². The SMILES string of the molecule is CC1(C)CCC(C)(C)c2cc(-c3cc4c(cc3N(c3ccccc3)c3ccc5c(c3)C(C)(C)c3ccccc3-5)C3(c5ccccc5-c5ccccc53)c3ccccc3-4)ccc21. The van der Waals surface area contributed by atoms with Crippen LogP contribution in [0.2, 0.25) is 0 Å². The standard InChI is InChI=1S/C60H51N/c1-57(2)32-33-58(3,4)55-34-38(28-31-52(55)57)46-36-47-44-23-13-17-27-51(44)60(49-25-15-11-21-42(49)43-22-12-16-26-50(43)60)54(47)37-56(46)61(39-18-8-7-9-19-39)40-29-30-45-41-20-10-14-24-48(41)59(5,6)53(45)35-40/h7-31,34-37H,32-33H2,1-6H3. The van der Waals surface area contributed by atoms with Gasteiger partial charge in [0.1, 0.15) is 0 Å². The Labute approximate surface area is 361 Å². The topological polar surface area (TPSA) is 3.24 Å². The van der Waals surface area contributed by atoms with Gasteiger partial charge in [-0.2, -0.15) is 0 Å². The van der Waals surface area contributed by atoms with Gasteiger partial charge in [0.05, 0.1) is 11.1 Å². The van der Waals surface area contributed by atoms with E-state index >= 15 is 0 Å². The molecule has 0 heterocycles. The fraction of sp³-hybridized carbons (Fsp3) is 0.200. The summed E-state index contributed by atoms with van der Waals surface area (Å²) in [6.45, 7) is 14.5. The van der Waals surface area contributed by atoms with Crippen molar-refractivity contribution in [3.8, 4) is 44.5 Å². The first-order valence-electron chi connectivity index (χ1n) is 22.2. The molecule has 61 heavy (non-hydrogen) atoms. The predicted octanol–water partition coefficient (Wildman–Crippen LogP) is 15.8. The van der Waals surface area contributed by atoms with E-state index in [4.69, 9.17) is 0 Å². The summed E-state index contributed by atoms with van der Waals surface area (Å²) in [4.78, 5) is 2.56. The number of hydrogen-bond acceptors (Lipinski definition) is 1. The van der Waals surface area contributed by atoms with Crippen LogP contribution in [0.25, 0.3) is 44.5 Å². The molecule has 0 aliphatic heterocycles. The number of fused-ring (bicyclic) bond motifs is 14. The van der Waals surface area contributed by atoms with Crippen LogP contribution < -0.4 is 4.90 Å². The van der Waals surface area contributed by atoms with Crippen LogP contribution in [-0.4, -0.2) is 0 Å². The van der Waals surface area contributed by atoms with Gasteiger partial charge < -0.3 is 4.90 Å². The van der Waals surface area contributed by atoms with Gasteiger partial charge in [-0.05, 0) is 144 Å². The summed E-state index contributed by atoms with van der Waals surface area (Å²) >= 11 is 0. The number of anilines is 3. The number of para-hydroxylation sites is 1. The zero-order valence-corrected chi connectivity index (χ0v) is 36.1. The summed E-state index contributed by atoms with van der Waals surface area (Å²) < 4.78 is 0. The van der Waals surface area contributed by atoms with Crippen molar-refractivity contribution in [3.05, 3.63) is 220 Å². The molecule has 0 unspecified atom stereocenters. The highest BCUT2D eigenvalue weighted by molar-refractivity contribution is 6.00. The molecule has 4 aliphatic carbocycles. The summed E-state index contributed by atoms with van der Waals surface area (Å²) in [7, 11) is 0. The summed E-state index contributed by atoms with van der Waals surface area (Å²) in [6.07, 6.45) is 2.37. The summed E-state index contributed by atoms with van der Waals surface area (Å²) in [5.41, 5.74) is 24.8. The molecule has 0 bridgehead atoms. The first-order chi connectivity index (χ1) is 29.5. The Balaban J connectivity index is 1.20.